The molecule has 3 aromatic rings. The number of carbonyl (C=O) groups excluding carboxylic acids is 1. The SMILES string of the molecule is O=C(COc1cccc2ccccc12)NCCn1cnccc1=O. The first-order valence-corrected chi connectivity index (χ1v) is 7.62. The fourth-order valence-corrected chi connectivity index (χ4v) is 2.38. The monoisotopic (exact) mass is 323 g/mol. The summed E-state index contributed by atoms with van der Waals surface area (Å²) in [4.78, 5) is 27.3. The number of hydrogen-bond acceptors (Lipinski definition) is 4. The van der Waals surface area contributed by atoms with Gasteiger partial charge >= 0.3 is 0 Å². The lowest BCUT2D eigenvalue weighted by Crippen LogP contribution is -2.33. The molecule has 0 bridgehead atoms. The molecule has 122 valence electrons. The molecule has 0 aliphatic rings. The highest BCUT2D eigenvalue weighted by Gasteiger charge is 2.05. The van der Waals surface area contributed by atoms with Crippen LogP contribution in [0.3, 0.4) is 0 Å². The Morgan fingerprint density at radius 2 is 1.96 bits per heavy atom. The molecule has 0 aliphatic carbocycles. The van der Waals surface area contributed by atoms with Crippen molar-refractivity contribution in [3.05, 3.63) is 71.4 Å². The lowest BCUT2D eigenvalue weighted by atomic mass is 10.1. The summed E-state index contributed by atoms with van der Waals surface area (Å²) in [5.41, 5.74) is -0.147. The van der Waals surface area contributed by atoms with Crippen LogP contribution in [0.25, 0.3) is 10.8 Å². The molecule has 0 aliphatic heterocycles. The molecule has 0 fully saturated rings. The number of ether oxygens (including phenoxy) is 1. The van der Waals surface area contributed by atoms with Gasteiger partial charge in [-0.1, -0.05) is 36.4 Å². The van der Waals surface area contributed by atoms with Gasteiger partial charge in [0.1, 0.15) is 5.75 Å². The molecule has 0 unspecified atom stereocenters. The van der Waals surface area contributed by atoms with Gasteiger partial charge in [-0.2, -0.15) is 0 Å². The van der Waals surface area contributed by atoms with Crippen molar-refractivity contribution < 1.29 is 9.53 Å². The summed E-state index contributed by atoms with van der Waals surface area (Å²) in [6.45, 7) is 0.631. The zero-order valence-corrected chi connectivity index (χ0v) is 13.0. The number of fused-ring (bicyclic) bond motifs is 1. The van der Waals surface area contributed by atoms with Gasteiger partial charge in [0, 0.05) is 30.7 Å². The van der Waals surface area contributed by atoms with Crippen molar-refractivity contribution in [3.63, 3.8) is 0 Å². The van der Waals surface area contributed by atoms with Gasteiger partial charge in [-0.05, 0) is 11.5 Å². The van der Waals surface area contributed by atoms with E-state index in [1.54, 1.807) is 0 Å². The second-order valence-corrected chi connectivity index (χ2v) is 5.23. The van der Waals surface area contributed by atoms with Crippen LogP contribution in [0.5, 0.6) is 5.75 Å². The van der Waals surface area contributed by atoms with E-state index in [1.807, 2.05) is 42.5 Å². The van der Waals surface area contributed by atoms with Gasteiger partial charge < -0.3 is 10.1 Å². The van der Waals surface area contributed by atoms with E-state index in [0.29, 0.717) is 18.8 Å². The van der Waals surface area contributed by atoms with Crippen molar-refractivity contribution in [1.82, 2.24) is 14.9 Å². The van der Waals surface area contributed by atoms with Crippen LogP contribution < -0.4 is 15.6 Å². The highest BCUT2D eigenvalue weighted by atomic mass is 16.5. The molecule has 0 saturated heterocycles. The molecule has 3 rings (SSSR count). The number of aromatic nitrogens is 2. The van der Waals surface area contributed by atoms with Crippen LogP contribution >= 0.6 is 0 Å². The fourth-order valence-electron chi connectivity index (χ4n) is 2.38. The average molecular weight is 323 g/mol. The minimum atomic E-state index is -0.236. The van der Waals surface area contributed by atoms with E-state index in [9.17, 15) is 9.59 Å². The quantitative estimate of drug-likeness (QED) is 0.748. The van der Waals surface area contributed by atoms with Gasteiger partial charge in [0.15, 0.2) is 6.61 Å². The lowest BCUT2D eigenvalue weighted by molar-refractivity contribution is -0.123. The van der Waals surface area contributed by atoms with Gasteiger partial charge in [-0.25, -0.2) is 4.98 Å². The number of rotatable bonds is 6. The number of nitrogens with zero attached hydrogens (tertiary/aromatic N) is 2. The lowest BCUT2D eigenvalue weighted by Gasteiger charge is -2.10. The zero-order valence-electron chi connectivity index (χ0n) is 13.0. The zero-order chi connectivity index (χ0) is 16.8. The van der Waals surface area contributed by atoms with Crippen molar-refractivity contribution >= 4 is 16.7 Å². The van der Waals surface area contributed by atoms with Crippen molar-refractivity contribution in [2.24, 2.45) is 0 Å². The Hall–Kier alpha value is -3.15. The standard InChI is InChI=1S/C18H17N3O3/c22-17(20-10-11-21-13-19-9-8-18(21)23)12-24-16-7-3-5-14-4-1-2-6-15(14)16/h1-9,13H,10-12H2,(H,20,22). The molecule has 0 radical (unpaired) electrons. The molecule has 2 aromatic carbocycles. The maximum absolute atomic E-state index is 11.9. The van der Waals surface area contributed by atoms with E-state index < -0.39 is 0 Å². The van der Waals surface area contributed by atoms with Crippen LogP contribution in [0.2, 0.25) is 0 Å². The first kappa shape index (κ1) is 15.7. The van der Waals surface area contributed by atoms with E-state index in [4.69, 9.17) is 4.74 Å². The number of amides is 1. The summed E-state index contributed by atoms with van der Waals surface area (Å²) in [5.74, 6) is 0.437. The van der Waals surface area contributed by atoms with E-state index >= 15 is 0 Å². The van der Waals surface area contributed by atoms with Crippen LogP contribution in [0.1, 0.15) is 0 Å². The summed E-state index contributed by atoms with van der Waals surface area (Å²) in [5, 5.41) is 4.75. The smallest absolute Gasteiger partial charge is 0.258 e. The Morgan fingerprint density at radius 3 is 2.83 bits per heavy atom. The highest BCUT2D eigenvalue weighted by molar-refractivity contribution is 5.88. The molecule has 1 aromatic heterocycles. The number of benzene rings is 2. The van der Waals surface area contributed by atoms with E-state index in [0.717, 1.165) is 10.8 Å². The molecule has 0 saturated carbocycles. The van der Waals surface area contributed by atoms with E-state index in [-0.39, 0.29) is 18.1 Å². The Morgan fingerprint density at radius 1 is 1.12 bits per heavy atom. The molecule has 24 heavy (non-hydrogen) atoms. The largest absolute Gasteiger partial charge is 0.483 e. The molecule has 0 atom stereocenters. The summed E-state index contributed by atoms with van der Waals surface area (Å²) < 4.78 is 7.05. The third kappa shape index (κ3) is 3.78. The van der Waals surface area contributed by atoms with E-state index in [1.165, 1.54) is 23.2 Å². The van der Waals surface area contributed by atoms with Gasteiger partial charge in [0.2, 0.25) is 0 Å². The van der Waals surface area contributed by atoms with Crippen molar-refractivity contribution in [2.45, 2.75) is 6.54 Å². The minimum absolute atomic E-state index is 0.0735. The Labute approximate surface area is 138 Å². The van der Waals surface area contributed by atoms with Crippen molar-refractivity contribution in [1.29, 1.82) is 0 Å². The normalized spacial score (nSPS) is 10.5. The van der Waals surface area contributed by atoms with Crippen LogP contribution in [0.15, 0.2) is 65.8 Å². The molecular formula is C18H17N3O3. The highest BCUT2D eigenvalue weighted by Crippen LogP contribution is 2.24. The van der Waals surface area contributed by atoms with Crippen LogP contribution in [-0.2, 0) is 11.3 Å². The molecule has 6 heteroatoms. The minimum Gasteiger partial charge on any atom is -0.483 e. The van der Waals surface area contributed by atoms with Gasteiger partial charge in [0.25, 0.3) is 11.5 Å². The van der Waals surface area contributed by atoms with Crippen molar-refractivity contribution in [2.75, 3.05) is 13.2 Å². The maximum atomic E-state index is 11.9. The Bertz CT molecular complexity index is 900. The molecule has 1 amide bonds. The number of hydrogen-bond donors (Lipinski definition) is 1. The van der Waals surface area contributed by atoms with Gasteiger partial charge in [-0.15, -0.1) is 0 Å². The number of nitrogens with one attached hydrogen (secondary N) is 1. The molecule has 1 heterocycles. The molecule has 0 spiro atoms. The van der Waals surface area contributed by atoms with Crippen LogP contribution in [-0.4, -0.2) is 28.6 Å². The van der Waals surface area contributed by atoms with Gasteiger partial charge in [-0.3, -0.25) is 14.2 Å². The van der Waals surface area contributed by atoms with E-state index in [2.05, 4.69) is 10.3 Å². The maximum Gasteiger partial charge on any atom is 0.258 e. The predicted molar refractivity (Wildman–Crippen MR) is 90.9 cm³/mol. The Balaban J connectivity index is 1.52. The number of carbonyl (C=O) groups is 1. The van der Waals surface area contributed by atoms with Crippen LogP contribution in [0.4, 0.5) is 0 Å². The summed E-state index contributed by atoms with van der Waals surface area (Å²) in [6, 6.07) is 14.9. The van der Waals surface area contributed by atoms with Crippen molar-refractivity contribution in [3.8, 4) is 5.75 Å². The first-order chi connectivity index (χ1) is 11.7. The second-order valence-electron chi connectivity index (χ2n) is 5.23. The third-order valence-corrected chi connectivity index (χ3v) is 3.58. The average Bonchev–Trinajstić information content (AvgIpc) is 2.61. The predicted octanol–water partition coefficient (Wildman–Crippen LogP) is 1.59. The first-order valence-electron chi connectivity index (χ1n) is 7.62. The third-order valence-electron chi connectivity index (χ3n) is 3.58. The van der Waals surface area contributed by atoms with Gasteiger partial charge in [0.05, 0.1) is 6.33 Å². The summed E-state index contributed by atoms with van der Waals surface area (Å²) in [7, 11) is 0. The fraction of sp³-hybridized carbons (Fsp3) is 0.167. The van der Waals surface area contributed by atoms with Crippen LogP contribution in [0, 0.1) is 0 Å². The molecule has 1 N–H and O–H groups in total. The second kappa shape index (κ2) is 7.41. The topological polar surface area (TPSA) is 73.2 Å². The molecular weight excluding hydrogens is 306 g/mol. The summed E-state index contributed by atoms with van der Waals surface area (Å²) in [6.07, 6.45) is 2.89. The summed E-state index contributed by atoms with van der Waals surface area (Å²) >= 11 is 0. The Kier molecular flexibility index (Phi) is 4.86. The molecule has 6 nitrogen and oxygen atoms in total.